The Labute approximate surface area is 154 Å². The second kappa shape index (κ2) is 9.04. The summed E-state index contributed by atoms with van der Waals surface area (Å²) < 4.78 is 16.6. The quantitative estimate of drug-likeness (QED) is 0.504. The van der Waals surface area contributed by atoms with Crippen molar-refractivity contribution in [2.75, 3.05) is 7.11 Å². The fraction of sp³-hybridized carbons (Fsp3) is 0.333. The molecule has 0 unspecified atom stereocenters. The van der Waals surface area contributed by atoms with Crippen LogP contribution < -0.4 is 9.47 Å². The van der Waals surface area contributed by atoms with E-state index in [2.05, 4.69) is 29.3 Å². The Hall–Kier alpha value is -2.82. The highest BCUT2D eigenvalue weighted by atomic mass is 16.5. The van der Waals surface area contributed by atoms with Crippen LogP contribution in [0.2, 0.25) is 0 Å². The van der Waals surface area contributed by atoms with E-state index in [0.717, 1.165) is 23.5 Å². The lowest BCUT2D eigenvalue weighted by Crippen LogP contribution is -1.96. The number of aromatic nitrogens is 2. The zero-order chi connectivity index (χ0) is 18.2. The van der Waals surface area contributed by atoms with Gasteiger partial charge in [-0.15, -0.1) is 10.2 Å². The summed E-state index contributed by atoms with van der Waals surface area (Å²) in [6.07, 6.45) is 4.85. The molecule has 0 spiro atoms. The molecule has 0 radical (unpaired) electrons. The van der Waals surface area contributed by atoms with Crippen LogP contribution in [0.3, 0.4) is 0 Å². The Morgan fingerprint density at radius 2 is 1.62 bits per heavy atom. The number of ether oxygens (including phenoxy) is 2. The largest absolute Gasteiger partial charge is 0.497 e. The highest BCUT2D eigenvalue weighted by Crippen LogP contribution is 2.22. The standard InChI is InChI=1S/C21H24N2O3/c1-3-4-5-6-16-7-11-19(12-8-16)25-15-20-22-23-21(26-20)17-9-13-18(24-2)14-10-17/h7-14H,3-6,15H2,1-2H3. The Balaban J connectivity index is 1.54. The molecule has 5 heteroatoms. The smallest absolute Gasteiger partial charge is 0.254 e. The third-order valence-electron chi connectivity index (χ3n) is 4.16. The predicted octanol–water partition coefficient (Wildman–Crippen LogP) is 5.06. The van der Waals surface area contributed by atoms with Crippen molar-refractivity contribution in [3.05, 3.63) is 60.0 Å². The number of methoxy groups -OCH3 is 1. The minimum absolute atomic E-state index is 0.248. The minimum atomic E-state index is 0.248. The average Bonchev–Trinajstić information content (AvgIpc) is 3.17. The molecule has 0 aliphatic heterocycles. The molecular formula is C21H24N2O3. The second-order valence-corrected chi connectivity index (χ2v) is 6.12. The molecule has 1 aromatic heterocycles. The summed E-state index contributed by atoms with van der Waals surface area (Å²) in [5.41, 5.74) is 2.19. The van der Waals surface area contributed by atoms with Gasteiger partial charge in [-0.2, -0.15) is 0 Å². The van der Waals surface area contributed by atoms with Crippen molar-refractivity contribution in [3.63, 3.8) is 0 Å². The van der Waals surface area contributed by atoms with Crippen molar-refractivity contribution >= 4 is 0 Å². The number of hydrogen-bond donors (Lipinski definition) is 0. The molecule has 0 amide bonds. The van der Waals surface area contributed by atoms with E-state index in [0.29, 0.717) is 11.8 Å². The summed E-state index contributed by atoms with van der Waals surface area (Å²) in [5, 5.41) is 8.12. The number of nitrogens with zero attached hydrogens (tertiary/aromatic N) is 2. The third kappa shape index (κ3) is 4.85. The Morgan fingerprint density at radius 1 is 0.885 bits per heavy atom. The SMILES string of the molecule is CCCCCc1ccc(OCc2nnc(-c3ccc(OC)cc3)o2)cc1. The van der Waals surface area contributed by atoms with Crippen molar-refractivity contribution in [1.82, 2.24) is 10.2 Å². The molecule has 0 aliphatic rings. The fourth-order valence-corrected chi connectivity index (χ4v) is 2.64. The van der Waals surface area contributed by atoms with Crippen LogP contribution in [-0.2, 0) is 13.0 Å². The summed E-state index contributed by atoms with van der Waals surface area (Å²) in [6, 6.07) is 15.7. The zero-order valence-corrected chi connectivity index (χ0v) is 15.3. The van der Waals surface area contributed by atoms with E-state index in [-0.39, 0.29) is 6.61 Å². The molecule has 1 heterocycles. The summed E-state index contributed by atoms with van der Waals surface area (Å²) in [7, 11) is 1.63. The molecule has 0 N–H and O–H groups in total. The van der Waals surface area contributed by atoms with Crippen molar-refractivity contribution < 1.29 is 13.9 Å². The van der Waals surface area contributed by atoms with Gasteiger partial charge < -0.3 is 13.9 Å². The van der Waals surface area contributed by atoms with Gasteiger partial charge in [0, 0.05) is 5.56 Å². The molecule has 0 fully saturated rings. The lowest BCUT2D eigenvalue weighted by atomic mass is 10.1. The first-order valence-electron chi connectivity index (χ1n) is 8.97. The maximum atomic E-state index is 5.74. The van der Waals surface area contributed by atoms with E-state index in [1.807, 2.05) is 36.4 Å². The number of unbranched alkanes of at least 4 members (excludes halogenated alkanes) is 2. The normalized spacial score (nSPS) is 10.7. The van der Waals surface area contributed by atoms with Crippen LogP contribution in [0.5, 0.6) is 11.5 Å². The molecule has 136 valence electrons. The molecule has 0 atom stereocenters. The third-order valence-corrected chi connectivity index (χ3v) is 4.16. The van der Waals surface area contributed by atoms with Gasteiger partial charge in [-0.05, 0) is 54.8 Å². The molecule has 26 heavy (non-hydrogen) atoms. The monoisotopic (exact) mass is 352 g/mol. The molecule has 2 aromatic carbocycles. The molecule has 0 saturated carbocycles. The van der Waals surface area contributed by atoms with Crippen molar-refractivity contribution in [1.29, 1.82) is 0 Å². The van der Waals surface area contributed by atoms with Gasteiger partial charge in [0.05, 0.1) is 7.11 Å². The second-order valence-electron chi connectivity index (χ2n) is 6.12. The highest BCUT2D eigenvalue weighted by molar-refractivity contribution is 5.53. The summed E-state index contributed by atoms with van der Waals surface area (Å²) >= 11 is 0. The number of benzene rings is 2. The van der Waals surface area contributed by atoms with Crippen molar-refractivity contribution in [3.8, 4) is 23.0 Å². The van der Waals surface area contributed by atoms with Crippen molar-refractivity contribution in [2.24, 2.45) is 0 Å². The lowest BCUT2D eigenvalue weighted by Gasteiger charge is -2.05. The first-order valence-corrected chi connectivity index (χ1v) is 8.97. The molecule has 3 aromatic rings. The zero-order valence-electron chi connectivity index (χ0n) is 15.3. The predicted molar refractivity (Wildman–Crippen MR) is 100 cm³/mol. The van der Waals surface area contributed by atoms with Gasteiger partial charge in [-0.25, -0.2) is 0 Å². The Kier molecular flexibility index (Phi) is 6.25. The van der Waals surface area contributed by atoms with Crippen molar-refractivity contribution in [2.45, 2.75) is 39.2 Å². The first kappa shape index (κ1) is 18.0. The molecule has 5 nitrogen and oxygen atoms in total. The van der Waals surface area contributed by atoms with Gasteiger partial charge in [-0.1, -0.05) is 31.9 Å². The Bertz CT molecular complexity index is 795. The fourth-order valence-electron chi connectivity index (χ4n) is 2.64. The molecule has 0 aliphatic carbocycles. The minimum Gasteiger partial charge on any atom is -0.497 e. The van der Waals surface area contributed by atoms with Gasteiger partial charge in [0.25, 0.3) is 5.89 Å². The van der Waals surface area contributed by atoms with Crippen LogP contribution in [-0.4, -0.2) is 17.3 Å². The van der Waals surface area contributed by atoms with E-state index in [9.17, 15) is 0 Å². The maximum Gasteiger partial charge on any atom is 0.254 e. The van der Waals surface area contributed by atoms with Crippen LogP contribution in [0.1, 0.15) is 37.6 Å². The number of rotatable bonds is 9. The van der Waals surface area contributed by atoms with E-state index >= 15 is 0 Å². The van der Waals surface area contributed by atoms with Crippen LogP contribution in [0.15, 0.2) is 52.9 Å². The maximum absolute atomic E-state index is 5.74. The molecule has 0 bridgehead atoms. The van der Waals surface area contributed by atoms with Gasteiger partial charge in [0.2, 0.25) is 5.89 Å². The molecular weight excluding hydrogens is 328 g/mol. The lowest BCUT2D eigenvalue weighted by molar-refractivity contribution is 0.264. The van der Waals surface area contributed by atoms with Crippen LogP contribution in [0.4, 0.5) is 0 Å². The molecule has 0 saturated heterocycles. The number of aryl methyl sites for hydroxylation is 1. The van der Waals surface area contributed by atoms with Gasteiger partial charge >= 0.3 is 0 Å². The van der Waals surface area contributed by atoms with Gasteiger partial charge in [0.1, 0.15) is 11.5 Å². The van der Waals surface area contributed by atoms with E-state index in [1.54, 1.807) is 7.11 Å². The van der Waals surface area contributed by atoms with E-state index < -0.39 is 0 Å². The molecule has 3 rings (SSSR count). The van der Waals surface area contributed by atoms with E-state index in [1.165, 1.54) is 24.8 Å². The summed E-state index contributed by atoms with van der Waals surface area (Å²) in [5.74, 6) is 2.50. The average molecular weight is 352 g/mol. The Morgan fingerprint density at radius 3 is 2.31 bits per heavy atom. The topological polar surface area (TPSA) is 57.4 Å². The van der Waals surface area contributed by atoms with Crippen LogP contribution in [0.25, 0.3) is 11.5 Å². The van der Waals surface area contributed by atoms with E-state index in [4.69, 9.17) is 13.9 Å². The summed E-state index contributed by atoms with van der Waals surface area (Å²) in [4.78, 5) is 0. The summed E-state index contributed by atoms with van der Waals surface area (Å²) in [6.45, 7) is 2.47. The highest BCUT2D eigenvalue weighted by Gasteiger charge is 2.09. The van der Waals surface area contributed by atoms with Crippen LogP contribution in [0, 0.1) is 0 Å². The number of hydrogen-bond acceptors (Lipinski definition) is 5. The van der Waals surface area contributed by atoms with Gasteiger partial charge in [-0.3, -0.25) is 0 Å². The van der Waals surface area contributed by atoms with Crippen LogP contribution >= 0.6 is 0 Å². The first-order chi connectivity index (χ1) is 12.8. The van der Waals surface area contributed by atoms with Gasteiger partial charge in [0.15, 0.2) is 6.61 Å².